The standard InChI is InChI=1S/C14H20N2O3/c1-10(17)16(8-11-5-3-2-4-6-11)9-12-14(19)13(18)7-15-12/h2-6,12-15,18-19H,7-9H2,1H3. The van der Waals surface area contributed by atoms with E-state index in [1.165, 1.54) is 6.92 Å². The van der Waals surface area contributed by atoms with Crippen molar-refractivity contribution in [3.63, 3.8) is 0 Å². The van der Waals surface area contributed by atoms with Gasteiger partial charge < -0.3 is 20.4 Å². The van der Waals surface area contributed by atoms with E-state index in [4.69, 9.17) is 0 Å². The highest BCUT2D eigenvalue weighted by molar-refractivity contribution is 5.73. The van der Waals surface area contributed by atoms with Crippen molar-refractivity contribution >= 4 is 5.91 Å². The van der Waals surface area contributed by atoms with E-state index in [0.29, 0.717) is 19.6 Å². The number of aliphatic hydroxyl groups is 2. The molecule has 1 heterocycles. The minimum Gasteiger partial charge on any atom is -0.389 e. The summed E-state index contributed by atoms with van der Waals surface area (Å²) in [6.45, 7) is 2.78. The van der Waals surface area contributed by atoms with Crippen LogP contribution in [0.5, 0.6) is 0 Å². The van der Waals surface area contributed by atoms with Crippen LogP contribution in [0.25, 0.3) is 0 Å². The van der Waals surface area contributed by atoms with Crippen molar-refractivity contribution in [2.24, 2.45) is 0 Å². The van der Waals surface area contributed by atoms with Crippen molar-refractivity contribution < 1.29 is 15.0 Å². The van der Waals surface area contributed by atoms with Crippen LogP contribution in [0.15, 0.2) is 30.3 Å². The molecule has 1 aliphatic heterocycles. The van der Waals surface area contributed by atoms with Crippen LogP contribution < -0.4 is 5.32 Å². The van der Waals surface area contributed by atoms with Crippen LogP contribution in [-0.2, 0) is 11.3 Å². The Hall–Kier alpha value is -1.43. The molecule has 0 radical (unpaired) electrons. The molecule has 0 saturated carbocycles. The highest BCUT2D eigenvalue weighted by atomic mass is 16.3. The third-order valence-electron chi connectivity index (χ3n) is 3.47. The van der Waals surface area contributed by atoms with Crippen molar-refractivity contribution in [2.45, 2.75) is 31.7 Å². The molecule has 5 nitrogen and oxygen atoms in total. The molecule has 5 heteroatoms. The van der Waals surface area contributed by atoms with Crippen molar-refractivity contribution in [1.29, 1.82) is 0 Å². The SMILES string of the molecule is CC(=O)N(Cc1ccccc1)CC1NCC(O)C1O. The van der Waals surface area contributed by atoms with Gasteiger partial charge in [-0.15, -0.1) is 0 Å². The predicted molar refractivity (Wildman–Crippen MR) is 71.3 cm³/mol. The first kappa shape index (κ1) is 14.0. The Morgan fingerprint density at radius 1 is 1.37 bits per heavy atom. The Kier molecular flexibility index (Phi) is 4.52. The molecule has 1 aromatic rings. The average molecular weight is 264 g/mol. The molecule has 104 valence electrons. The van der Waals surface area contributed by atoms with Crippen molar-refractivity contribution in [3.05, 3.63) is 35.9 Å². The number of benzene rings is 1. The molecular weight excluding hydrogens is 244 g/mol. The number of hydrogen-bond acceptors (Lipinski definition) is 4. The zero-order valence-corrected chi connectivity index (χ0v) is 11.0. The number of hydrogen-bond donors (Lipinski definition) is 3. The Balaban J connectivity index is 1.99. The van der Waals surface area contributed by atoms with Gasteiger partial charge in [0.05, 0.1) is 18.2 Å². The van der Waals surface area contributed by atoms with Crippen LogP contribution >= 0.6 is 0 Å². The largest absolute Gasteiger partial charge is 0.389 e. The summed E-state index contributed by atoms with van der Waals surface area (Å²) in [7, 11) is 0. The quantitative estimate of drug-likeness (QED) is 0.700. The lowest BCUT2D eigenvalue weighted by Gasteiger charge is -2.26. The maximum absolute atomic E-state index is 11.7. The predicted octanol–water partition coefficient (Wildman–Crippen LogP) is -0.271. The summed E-state index contributed by atoms with van der Waals surface area (Å²) in [5.41, 5.74) is 1.05. The Labute approximate surface area is 112 Å². The fraction of sp³-hybridized carbons (Fsp3) is 0.500. The summed E-state index contributed by atoms with van der Waals surface area (Å²) in [5.74, 6) is -0.0424. The van der Waals surface area contributed by atoms with Gasteiger partial charge in [0.1, 0.15) is 0 Å². The van der Waals surface area contributed by atoms with E-state index in [0.717, 1.165) is 5.56 Å². The molecule has 0 aromatic heterocycles. The van der Waals surface area contributed by atoms with Gasteiger partial charge in [-0.2, -0.15) is 0 Å². The van der Waals surface area contributed by atoms with Gasteiger partial charge in [0.2, 0.25) is 5.91 Å². The summed E-state index contributed by atoms with van der Waals surface area (Å²) in [6, 6.07) is 9.44. The van der Waals surface area contributed by atoms with Crippen LogP contribution in [0.1, 0.15) is 12.5 Å². The van der Waals surface area contributed by atoms with Gasteiger partial charge in [0, 0.05) is 26.6 Å². The Bertz CT molecular complexity index is 424. The number of nitrogens with one attached hydrogen (secondary N) is 1. The lowest BCUT2D eigenvalue weighted by molar-refractivity contribution is -0.130. The highest BCUT2D eigenvalue weighted by Gasteiger charge is 2.34. The molecule has 2 rings (SSSR count). The topological polar surface area (TPSA) is 72.8 Å². The molecule has 1 aromatic carbocycles. The molecule has 3 unspecified atom stereocenters. The first-order valence-electron chi connectivity index (χ1n) is 6.47. The minimum atomic E-state index is -0.822. The first-order chi connectivity index (χ1) is 9.08. The number of aliphatic hydroxyl groups excluding tert-OH is 2. The summed E-state index contributed by atoms with van der Waals surface area (Å²) < 4.78 is 0. The molecule has 3 N–H and O–H groups in total. The number of β-amino-alcohol motifs (C(OH)–C–C–N with tert-alkyl or cyclic N) is 1. The van der Waals surface area contributed by atoms with E-state index in [1.54, 1.807) is 4.90 Å². The van der Waals surface area contributed by atoms with Crippen molar-refractivity contribution in [2.75, 3.05) is 13.1 Å². The zero-order valence-electron chi connectivity index (χ0n) is 11.0. The average Bonchev–Trinajstić information content (AvgIpc) is 2.71. The third kappa shape index (κ3) is 3.53. The summed E-state index contributed by atoms with van der Waals surface area (Å²) in [6.07, 6.45) is -1.58. The van der Waals surface area contributed by atoms with Crippen LogP contribution in [-0.4, -0.2) is 52.4 Å². The molecule has 1 saturated heterocycles. The number of rotatable bonds is 4. The van der Waals surface area contributed by atoms with E-state index in [9.17, 15) is 15.0 Å². The molecule has 3 atom stereocenters. The maximum atomic E-state index is 11.7. The number of carbonyl (C=O) groups excluding carboxylic acids is 1. The number of carbonyl (C=O) groups is 1. The van der Waals surface area contributed by atoms with Gasteiger partial charge in [0.25, 0.3) is 0 Å². The lowest BCUT2D eigenvalue weighted by atomic mass is 10.1. The monoisotopic (exact) mass is 264 g/mol. The number of nitrogens with zero attached hydrogens (tertiary/aromatic N) is 1. The Morgan fingerprint density at radius 3 is 2.58 bits per heavy atom. The second-order valence-electron chi connectivity index (χ2n) is 4.96. The van der Waals surface area contributed by atoms with Gasteiger partial charge in [-0.05, 0) is 5.56 Å². The summed E-state index contributed by atoms with van der Waals surface area (Å²) in [5, 5.41) is 22.3. The molecule has 1 amide bonds. The van der Waals surface area contributed by atoms with Crippen LogP contribution in [0.3, 0.4) is 0 Å². The lowest BCUT2D eigenvalue weighted by Crippen LogP contribution is -2.45. The van der Waals surface area contributed by atoms with Gasteiger partial charge in [-0.1, -0.05) is 30.3 Å². The van der Waals surface area contributed by atoms with E-state index < -0.39 is 12.2 Å². The van der Waals surface area contributed by atoms with Gasteiger partial charge in [-0.3, -0.25) is 4.79 Å². The van der Waals surface area contributed by atoms with E-state index in [2.05, 4.69) is 5.32 Å². The van der Waals surface area contributed by atoms with Gasteiger partial charge in [-0.25, -0.2) is 0 Å². The molecule has 0 aliphatic carbocycles. The van der Waals surface area contributed by atoms with Crippen LogP contribution in [0, 0.1) is 0 Å². The first-order valence-corrected chi connectivity index (χ1v) is 6.47. The molecule has 1 aliphatic rings. The van der Waals surface area contributed by atoms with Crippen molar-refractivity contribution in [3.8, 4) is 0 Å². The second-order valence-corrected chi connectivity index (χ2v) is 4.96. The molecule has 19 heavy (non-hydrogen) atoms. The normalized spacial score (nSPS) is 26.4. The van der Waals surface area contributed by atoms with E-state index in [1.807, 2.05) is 30.3 Å². The Morgan fingerprint density at radius 2 is 2.05 bits per heavy atom. The number of amides is 1. The van der Waals surface area contributed by atoms with E-state index >= 15 is 0 Å². The van der Waals surface area contributed by atoms with Gasteiger partial charge in [0.15, 0.2) is 0 Å². The van der Waals surface area contributed by atoms with E-state index in [-0.39, 0.29) is 11.9 Å². The fourth-order valence-electron chi connectivity index (χ4n) is 2.30. The zero-order chi connectivity index (χ0) is 13.8. The molecule has 0 bridgehead atoms. The maximum Gasteiger partial charge on any atom is 0.219 e. The molecular formula is C14H20N2O3. The molecule has 1 fully saturated rings. The van der Waals surface area contributed by atoms with Crippen molar-refractivity contribution in [1.82, 2.24) is 10.2 Å². The molecule has 0 spiro atoms. The van der Waals surface area contributed by atoms with Crippen LogP contribution in [0.4, 0.5) is 0 Å². The summed E-state index contributed by atoms with van der Waals surface area (Å²) in [4.78, 5) is 13.4. The smallest absolute Gasteiger partial charge is 0.219 e. The van der Waals surface area contributed by atoms with Gasteiger partial charge >= 0.3 is 0 Å². The highest BCUT2D eigenvalue weighted by Crippen LogP contribution is 2.12. The minimum absolute atomic E-state index is 0.0424. The third-order valence-corrected chi connectivity index (χ3v) is 3.47. The fourth-order valence-corrected chi connectivity index (χ4v) is 2.30. The second kappa shape index (κ2) is 6.14. The van der Waals surface area contributed by atoms with Crippen LogP contribution in [0.2, 0.25) is 0 Å². The summed E-state index contributed by atoms with van der Waals surface area (Å²) >= 11 is 0.